The van der Waals surface area contributed by atoms with Crippen LogP contribution in [0.3, 0.4) is 0 Å². The van der Waals surface area contributed by atoms with Crippen LogP contribution >= 0.6 is 0 Å². The molecule has 10 heteroatoms. The van der Waals surface area contributed by atoms with Gasteiger partial charge >= 0.3 is 0 Å². The summed E-state index contributed by atoms with van der Waals surface area (Å²) in [6.45, 7) is -0.280. The van der Waals surface area contributed by atoms with Gasteiger partial charge in [0.1, 0.15) is 23.2 Å². The first kappa shape index (κ1) is 12.7. The molecule has 4 atom stereocenters. The van der Waals surface area contributed by atoms with E-state index in [1.165, 1.54) is 10.9 Å². The van der Waals surface area contributed by atoms with Gasteiger partial charge in [0.25, 0.3) is 5.56 Å². The normalized spacial score (nSPS) is 34.9. The highest BCUT2D eigenvalue weighted by molar-refractivity contribution is 5.74. The summed E-state index contributed by atoms with van der Waals surface area (Å²) in [5, 5.41) is 23.9. The molecule has 0 radical (unpaired) electrons. The summed E-state index contributed by atoms with van der Waals surface area (Å²) in [5.41, 5.74) is 4.19. The van der Waals surface area contributed by atoms with Gasteiger partial charge in [-0.05, 0) is 0 Å². The van der Waals surface area contributed by atoms with Gasteiger partial charge in [-0.15, -0.1) is 0 Å². The number of ether oxygens (including phenoxy) is 2. The fourth-order valence-corrected chi connectivity index (χ4v) is 2.87. The quantitative estimate of drug-likeness (QED) is 0.484. The molecule has 0 amide bonds. The summed E-state index contributed by atoms with van der Waals surface area (Å²) in [5.74, 6) is -0.0456. The highest BCUT2D eigenvalue weighted by Gasteiger charge is 2.62. The average Bonchev–Trinajstić information content (AvgIpc) is 3.09. The summed E-state index contributed by atoms with van der Waals surface area (Å²) < 4.78 is 12.5. The van der Waals surface area contributed by atoms with Crippen LogP contribution in [-0.4, -0.2) is 61.0 Å². The molecule has 2 aromatic heterocycles. The van der Waals surface area contributed by atoms with Crippen molar-refractivity contribution in [3.8, 4) is 0 Å². The number of hydrogen-bond acceptors (Lipinski definition) is 8. The number of hydrogen-bond donors (Lipinski definition) is 4. The molecule has 2 aliphatic heterocycles. The fourth-order valence-electron chi connectivity index (χ4n) is 2.87. The molecule has 2 aromatic rings. The van der Waals surface area contributed by atoms with Gasteiger partial charge in [0.2, 0.25) is 5.95 Å². The van der Waals surface area contributed by atoms with E-state index in [9.17, 15) is 15.0 Å². The number of nitrogens with two attached hydrogens (primary N) is 1. The maximum absolute atomic E-state index is 11.8. The number of nitrogen functional groups attached to an aromatic ring is 1. The van der Waals surface area contributed by atoms with Crippen molar-refractivity contribution >= 4 is 17.0 Å². The zero-order valence-electron chi connectivity index (χ0n) is 10.8. The van der Waals surface area contributed by atoms with Gasteiger partial charge in [-0.1, -0.05) is 0 Å². The van der Waals surface area contributed by atoms with Gasteiger partial charge in [0.05, 0.1) is 19.4 Å². The monoisotopic (exact) mass is 295 g/mol. The summed E-state index contributed by atoms with van der Waals surface area (Å²) in [6, 6.07) is 0. The minimum absolute atomic E-state index is 0.0456. The first-order chi connectivity index (χ1) is 10.1. The molecule has 112 valence electrons. The van der Waals surface area contributed by atoms with E-state index in [1.807, 2.05) is 0 Å². The third-order valence-electron chi connectivity index (χ3n) is 4.00. The second-order valence-electron chi connectivity index (χ2n) is 5.23. The molecule has 21 heavy (non-hydrogen) atoms. The molecule has 2 bridgehead atoms. The minimum Gasteiger partial charge on any atom is -0.393 e. The van der Waals surface area contributed by atoms with Crippen LogP contribution in [0.1, 0.15) is 6.23 Å². The number of H-pyrrole nitrogens is 1. The Morgan fingerprint density at radius 2 is 2.43 bits per heavy atom. The zero-order valence-corrected chi connectivity index (χ0v) is 10.8. The van der Waals surface area contributed by atoms with Gasteiger partial charge in [-0.25, -0.2) is 4.68 Å². The van der Waals surface area contributed by atoms with Crippen molar-refractivity contribution in [3.63, 3.8) is 0 Å². The van der Waals surface area contributed by atoms with Crippen LogP contribution in [0, 0.1) is 0 Å². The zero-order chi connectivity index (χ0) is 14.8. The average molecular weight is 295 g/mol. The Morgan fingerprint density at radius 3 is 3.14 bits per heavy atom. The van der Waals surface area contributed by atoms with Gasteiger partial charge in [0, 0.05) is 0 Å². The SMILES string of the molecule is Nc1nc2c(cnn2[C@@H]2O[C@@]3(CO)CO[C@@H]2[C@@H]3O)c(=O)[nH]1. The Labute approximate surface area is 117 Å². The van der Waals surface area contributed by atoms with E-state index < -0.39 is 29.6 Å². The number of aromatic amines is 1. The predicted molar refractivity (Wildman–Crippen MR) is 68.2 cm³/mol. The molecule has 0 spiro atoms. The number of aliphatic hydroxyl groups excluding tert-OH is 2. The van der Waals surface area contributed by atoms with Crippen LogP contribution in [0.5, 0.6) is 0 Å². The highest BCUT2D eigenvalue weighted by atomic mass is 16.7. The van der Waals surface area contributed by atoms with Crippen LogP contribution < -0.4 is 11.3 Å². The van der Waals surface area contributed by atoms with Crippen molar-refractivity contribution in [2.75, 3.05) is 18.9 Å². The standard InChI is InChI=1S/C11H13N5O5/c12-10-14-7-4(8(19)15-10)1-13-16(7)9-5-6(18)11(2-17,21-9)3-20-5/h1,5-6,9,17-18H,2-3H2,(H3,12,14,15,19)/t5-,6+,9-,11+/m1/s1. The Balaban J connectivity index is 1.84. The number of anilines is 1. The van der Waals surface area contributed by atoms with Crippen molar-refractivity contribution in [3.05, 3.63) is 16.6 Å². The number of nitrogens with one attached hydrogen (secondary N) is 1. The van der Waals surface area contributed by atoms with E-state index in [2.05, 4.69) is 15.1 Å². The third-order valence-corrected chi connectivity index (χ3v) is 4.00. The Bertz CT molecular complexity index is 772. The molecule has 2 aliphatic rings. The Hall–Kier alpha value is -2.01. The van der Waals surface area contributed by atoms with E-state index in [0.717, 1.165) is 0 Å². The molecular formula is C11H13N5O5. The number of rotatable bonds is 2. The van der Waals surface area contributed by atoms with E-state index in [1.54, 1.807) is 0 Å². The molecule has 10 nitrogen and oxygen atoms in total. The Kier molecular flexibility index (Phi) is 2.43. The van der Waals surface area contributed by atoms with Crippen LogP contribution in [0.4, 0.5) is 5.95 Å². The van der Waals surface area contributed by atoms with Gasteiger partial charge in [0.15, 0.2) is 11.9 Å². The summed E-state index contributed by atoms with van der Waals surface area (Å²) in [7, 11) is 0. The van der Waals surface area contributed by atoms with Crippen molar-refractivity contribution in [1.82, 2.24) is 19.7 Å². The highest BCUT2D eigenvalue weighted by Crippen LogP contribution is 2.44. The van der Waals surface area contributed by atoms with Gasteiger partial charge in [-0.2, -0.15) is 10.1 Å². The molecule has 4 heterocycles. The van der Waals surface area contributed by atoms with Crippen molar-refractivity contribution in [2.45, 2.75) is 24.0 Å². The van der Waals surface area contributed by atoms with Crippen LogP contribution in [0.2, 0.25) is 0 Å². The maximum atomic E-state index is 11.8. The van der Waals surface area contributed by atoms with Gasteiger partial charge < -0.3 is 25.4 Å². The van der Waals surface area contributed by atoms with E-state index in [-0.39, 0.29) is 30.2 Å². The molecule has 2 fully saturated rings. The topological polar surface area (TPSA) is 149 Å². The predicted octanol–water partition coefficient (Wildman–Crippen LogP) is -2.28. The van der Waals surface area contributed by atoms with Crippen molar-refractivity contribution < 1.29 is 19.7 Å². The number of aromatic nitrogens is 4. The molecular weight excluding hydrogens is 282 g/mol. The third kappa shape index (κ3) is 1.52. The second kappa shape index (κ2) is 4.01. The summed E-state index contributed by atoms with van der Waals surface area (Å²) in [4.78, 5) is 18.2. The van der Waals surface area contributed by atoms with Crippen LogP contribution in [-0.2, 0) is 9.47 Å². The number of fused-ring (bicyclic) bond motifs is 3. The lowest BCUT2D eigenvalue weighted by atomic mass is 10.0. The first-order valence-corrected chi connectivity index (χ1v) is 6.37. The largest absolute Gasteiger partial charge is 0.393 e. The van der Waals surface area contributed by atoms with E-state index in [4.69, 9.17) is 15.2 Å². The van der Waals surface area contributed by atoms with E-state index in [0.29, 0.717) is 0 Å². The smallest absolute Gasteiger partial charge is 0.263 e. The molecule has 0 unspecified atom stereocenters. The summed E-state index contributed by atoms with van der Waals surface area (Å²) in [6.07, 6.45) is -1.12. The fraction of sp³-hybridized carbons (Fsp3) is 0.545. The van der Waals surface area contributed by atoms with Gasteiger partial charge in [-0.3, -0.25) is 9.78 Å². The lowest BCUT2D eigenvalue weighted by Gasteiger charge is -2.28. The first-order valence-electron chi connectivity index (χ1n) is 6.37. The lowest BCUT2D eigenvalue weighted by molar-refractivity contribution is -0.188. The molecule has 0 saturated carbocycles. The molecule has 4 rings (SSSR count). The molecule has 0 aromatic carbocycles. The number of aliphatic hydroxyl groups is 2. The second-order valence-corrected chi connectivity index (χ2v) is 5.23. The van der Waals surface area contributed by atoms with E-state index >= 15 is 0 Å². The van der Waals surface area contributed by atoms with Crippen molar-refractivity contribution in [2.24, 2.45) is 0 Å². The van der Waals surface area contributed by atoms with Crippen LogP contribution in [0.25, 0.3) is 11.0 Å². The molecule has 2 saturated heterocycles. The van der Waals surface area contributed by atoms with Crippen LogP contribution in [0.15, 0.2) is 11.0 Å². The summed E-state index contributed by atoms with van der Waals surface area (Å²) >= 11 is 0. The molecule has 0 aliphatic carbocycles. The Morgan fingerprint density at radius 1 is 1.62 bits per heavy atom. The maximum Gasteiger partial charge on any atom is 0.263 e. The van der Waals surface area contributed by atoms with Crippen molar-refractivity contribution in [1.29, 1.82) is 0 Å². The molecule has 5 N–H and O–H groups in total. The lowest BCUT2D eigenvalue weighted by Crippen LogP contribution is -2.44. The minimum atomic E-state index is -1.17. The number of nitrogens with zero attached hydrogens (tertiary/aromatic N) is 3.